The molecule has 0 aromatic heterocycles. The average molecular weight is 286 g/mol. The van der Waals surface area contributed by atoms with Crippen LogP contribution in [-0.2, 0) is 11.3 Å². The van der Waals surface area contributed by atoms with E-state index in [0.29, 0.717) is 21.2 Å². The SMILES string of the molecule is O=C1CCC2(O)C(=O)c3cc(Cl)cc(Cl)c3CN12. The molecule has 1 unspecified atom stereocenters. The minimum Gasteiger partial charge on any atom is -0.364 e. The van der Waals surface area contributed by atoms with Gasteiger partial charge in [-0.1, -0.05) is 23.2 Å². The number of amides is 1. The summed E-state index contributed by atoms with van der Waals surface area (Å²) in [6, 6.07) is 3.02. The van der Waals surface area contributed by atoms with Gasteiger partial charge in [-0.25, -0.2) is 0 Å². The number of benzene rings is 1. The van der Waals surface area contributed by atoms with Gasteiger partial charge in [0.05, 0.1) is 6.54 Å². The monoisotopic (exact) mass is 285 g/mol. The van der Waals surface area contributed by atoms with E-state index < -0.39 is 11.5 Å². The van der Waals surface area contributed by atoms with Gasteiger partial charge in [0.1, 0.15) is 0 Å². The van der Waals surface area contributed by atoms with Crippen molar-refractivity contribution in [3.63, 3.8) is 0 Å². The summed E-state index contributed by atoms with van der Waals surface area (Å²) in [5.41, 5.74) is -0.870. The van der Waals surface area contributed by atoms with Crippen LogP contribution in [0.1, 0.15) is 28.8 Å². The number of halogens is 2. The van der Waals surface area contributed by atoms with Gasteiger partial charge in [0.2, 0.25) is 17.4 Å². The maximum Gasteiger partial charge on any atom is 0.225 e. The smallest absolute Gasteiger partial charge is 0.225 e. The Morgan fingerprint density at radius 2 is 2.00 bits per heavy atom. The van der Waals surface area contributed by atoms with Crippen molar-refractivity contribution in [1.82, 2.24) is 4.90 Å². The summed E-state index contributed by atoms with van der Waals surface area (Å²) < 4.78 is 0. The van der Waals surface area contributed by atoms with Crippen LogP contribution in [0, 0.1) is 0 Å². The predicted molar refractivity (Wildman–Crippen MR) is 65.5 cm³/mol. The molecule has 1 N–H and O–H groups in total. The number of ketones is 1. The maximum atomic E-state index is 12.3. The van der Waals surface area contributed by atoms with Crippen LogP contribution >= 0.6 is 23.2 Å². The zero-order valence-corrected chi connectivity index (χ0v) is 10.8. The molecule has 0 aliphatic carbocycles. The predicted octanol–water partition coefficient (Wildman–Crippen LogP) is 2.00. The summed E-state index contributed by atoms with van der Waals surface area (Å²) in [6.07, 6.45) is 0.288. The molecule has 1 saturated heterocycles. The number of carbonyl (C=O) groups excluding carboxylic acids is 2. The van der Waals surface area contributed by atoms with Gasteiger partial charge in [0, 0.05) is 34.0 Å². The van der Waals surface area contributed by atoms with Crippen LogP contribution in [0.5, 0.6) is 0 Å². The van der Waals surface area contributed by atoms with Crippen LogP contribution in [0.3, 0.4) is 0 Å². The number of Topliss-reactive ketones (excluding diaryl/α,β-unsaturated/α-hetero) is 1. The van der Waals surface area contributed by atoms with Crippen LogP contribution in [0.15, 0.2) is 12.1 Å². The van der Waals surface area contributed by atoms with Crippen LogP contribution < -0.4 is 0 Å². The minimum atomic E-state index is -1.72. The molecular weight excluding hydrogens is 277 g/mol. The fourth-order valence-electron chi connectivity index (χ4n) is 2.55. The summed E-state index contributed by atoms with van der Waals surface area (Å²) in [5, 5.41) is 11.0. The van der Waals surface area contributed by atoms with E-state index in [1.807, 2.05) is 0 Å². The van der Waals surface area contributed by atoms with Crippen LogP contribution in [0.4, 0.5) is 0 Å². The van der Waals surface area contributed by atoms with Crippen LogP contribution in [-0.4, -0.2) is 27.4 Å². The molecule has 2 aliphatic rings. The van der Waals surface area contributed by atoms with E-state index in [1.54, 1.807) is 0 Å². The number of fused-ring (bicyclic) bond motifs is 2. The van der Waals surface area contributed by atoms with E-state index in [0.717, 1.165) is 0 Å². The first kappa shape index (κ1) is 12.0. The normalized spacial score (nSPS) is 26.3. The van der Waals surface area contributed by atoms with Crippen molar-refractivity contribution in [3.05, 3.63) is 33.3 Å². The number of hydrogen-bond donors (Lipinski definition) is 1. The van der Waals surface area contributed by atoms with Crippen molar-refractivity contribution in [2.45, 2.75) is 25.1 Å². The third-order valence-electron chi connectivity index (χ3n) is 3.52. The molecule has 1 aromatic carbocycles. The van der Waals surface area contributed by atoms with Gasteiger partial charge < -0.3 is 10.0 Å². The maximum absolute atomic E-state index is 12.3. The highest BCUT2D eigenvalue weighted by Gasteiger charge is 2.53. The average Bonchev–Trinajstić information content (AvgIpc) is 2.60. The first-order valence-electron chi connectivity index (χ1n) is 5.49. The molecule has 1 amide bonds. The highest BCUT2D eigenvalue weighted by molar-refractivity contribution is 6.36. The van der Waals surface area contributed by atoms with Gasteiger partial charge >= 0.3 is 0 Å². The van der Waals surface area contributed by atoms with Crippen molar-refractivity contribution >= 4 is 34.9 Å². The molecule has 3 rings (SSSR count). The molecule has 6 heteroatoms. The summed E-state index contributed by atoms with van der Waals surface area (Å²) in [7, 11) is 0. The standard InChI is InChI=1S/C12H9Cl2NO3/c13-6-3-7-8(9(14)4-6)5-15-10(16)1-2-12(15,18)11(7)17/h3-4,18H,1-2,5H2. The molecule has 0 saturated carbocycles. The van der Waals surface area contributed by atoms with Crippen molar-refractivity contribution in [2.75, 3.05) is 0 Å². The Bertz CT molecular complexity index is 587. The fraction of sp³-hybridized carbons (Fsp3) is 0.333. The van der Waals surface area contributed by atoms with Crippen molar-refractivity contribution < 1.29 is 14.7 Å². The second-order valence-corrected chi connectivity index (χ2v) is 5.38. The van der Waals surface area contributed by atoms with Crippen molar-refractivity contribution in [1.29, 1.82) is 0 Å². The molecule has 0 spiro atoms. The van der Waals surface area contributed by atoms with Gasteiger partial charge in [-0.3, -0.25) is 9.59 Å². The van der Waals surface area contributed by atoms with Crippen molar-refractivity contribution in [2.24, 2.45) is 0 Å². The molecule has 1 aromatic rings. The lowest BCUT2D eigenvalue weighted by Crippen LogP contribution is -2.54. The molecule has 2 aliphatic heterocycles. The fourth-order valence-corrected chi connectivity index (χ4v) is 3.11. The number of aliphatic hydroxyl groups is 1. The lowest BCUT2D eigenvalue weighted by atomic mass is 9.90. The molecule has 0 bridgehead atoms. The number of rotatable bonds is 0. The number of carbonyl (C=O) groups is 2. The molecule has 18 heavy (non-hydrogen) atoms. The number of nitrogens with zero attached hydrogens (tertiary/aromatic N) is 1. The highest BCUT2D eigenvalue weighted by Crippen LogP contribution is 2.40. The first-order chi connectivity index (χ1) is 8.43. The Morgan fingerprint density at radius 1 is 1.28 bits per heavy atom. The third-order valence-corrected chi connectivity index (χ3v) is 4.08. The second-order valence-electron chi connectivity index (χ2n) is 4.54. The molecular formula is C12H9Cl2NO3. The zero-order chi connectivity index (χ0) is 13.1. The molecule has 2 heterocycles. The van der Waals surface area contributed by atoms with E-state index >= 15 is 0 Å². The lowest BCUT2D eigenvalue weighted by Gasteiger charge is -2.37. The van der Waals surface area contributed by atoms with Crippen LogP contribution in [0.2, 0.25) is 10.0 Å². The largest absolute Gasteiger partial charge is 0.364 e. The first-order valence-corrected chi connectivity index (χ1v) is 6.24. The highest BCUT2D eigenvalue weighted by atomic mass is 35.5. The molecule has 4 nitrogen and oxygen atoms in total. The van der Waals surface area contributed by atoms with Gasteiger partial charge in [-0.2, -0.15) is 0 Å². The van der Waals surface area contributed by atoms with E-state index in [4.69, 9.17) is 23.2 Å². The van der Waals surface area contributed by atoms with E-state index in [2.05, 4.69) is 0 Å². The van der Waals surface area contributed by atoms with E-state index in [-0.39, 0.29) is 25.3 Å². The molecule has 0 radical (unpaired) electrons. The quantitative estimate of drug-likeness (QED) is 0.793. The Labute approximate surface area is 113 Å². The summed E-state index contributed by atoms with van der Waals surface area (Å²) in [5.74, 6) is -0.735. The van der Waals surface area contributed by atoms with Crippen molar-refractivity contribution in [3.8, 4) is 0 Å². The topological polar surface area (TPSA) is 57.6 Å². The Hall–Kier alpha value is -1.10. The van der Waals surface area contributed by atoms with Gasteiger partial charge in [0.25, 0.3) is 0 Å². The summed E-state index contributed by atoms with van der Waals surface area (Å²) >= 11 is 11.9. The third kappa shape index (κ3) is 1.43. The Balaban J connectivity index is 2.21. The zero-order valence-electron chi connectivity index (χ0n) is 9.24. The summed E-state index contributed by atoms with van der Waals surface area (Å²) in [6.45, 7) is 0.145. The Morgan fingerprint density at radius 3 is 2.72 bits per heavy atom. The van der Waals surface area contributed by atoms with E-state index in [9.17, 15) is 14.7 Å². The van der Waals surface area contributed by atoms with Crippen LogP contribution in [0.25, 0.3) is 0 Å². The van der Waals surface area contributed by atoms with E-state index in [1.165, 1.54) is 17.0 Å². The summed E-state index contributed by atoms with van der Waals surface area (Å²) in [4.78, 5) is 25.2. The molecule has 94 valence electrons. The molecule has 1 atom stereocenters. The Kier molecular flexibility index (Phi) is 2.46. The van der Waals surface area contributed by atoms with Gasteiger partial charge in [0.15, 0.2) is 0 Å². The lowest BCUT2D eigenvalue weighted by molar-refractivity contribution is -0.141. The second kappa shape index (κ2) is 3.70. The van der Waals surface area contributed by atoms with Gasteiger partial charge in [-0.15, -0.1) is 0 Å². The molecule has 1 fully saturated rings. The van der Waals surface area contributed by atoms with Gasteiger partial charge in [-0.05, 0) is 12.1 Å². The number of hydrogen-bond acceptors (Lipinski definition) is 3. The minimum absolute atomic E-state index is 0.119.